The summed E-state index contributed by atoms with van der Waals surface area (Å²) in [5.41, 5.74) is 3.98. The maximum atomic E-state index is 11.0. The highest BCUT2D eigenvalue weighted by atomic mass is 35.5. The minimum absolute atomic E-state index is 0.278. The Bertz CT molecular complexity index is 930. The molecule has 0 amide bonds. The Morgan fingerprint density at radius 3 is 2.68 bits per heavy atom. The van der Waals surface area contributed by atoms with Gasteiger partial charge in [0.2, 0.25) is 0 Å². The number of nitrogens with one attached hydrogen (secondary N) is 1. The van der Waals surface area contributed by atoms with Crippen molar-refractivity contribution < 1.29 is 14.3 Å². The average Bonchev–Trinajstić information content (AvgIpc) is 3.04. The first-order valence-electron chi connectivity index (χ1n) is 7.87. The molecule has 3 aromatic rings. The van der Waals surface area contributed by atoms with E-state index >= 15 is 0 Å². The van der Waals surface area contributed by atoms with E-state index in [2.05, 4.69) is 5.32 Å². The number of rotatable bonds is 5. The smallest absolute Gasteiger partial charge is 0.335 e. The van der Waals surface area contributed by atoms with Crippen molar-refractivity contribution in [2.45, 2.75) is 20.4 Å². The molecule has 0 unspecified atom stereocenters. The molecule has 0 aliphatic heterocycles. The van der Waals surface area contributed by atoms with Crippen LogP contribution in [-0.4, -0.2) is 11.1 Å². The Morgan fingerprint density at radius 1 is 1.16 bits per heavy atom. The van der Waals surface area contributed by atoms with Crippen molar-refractivity contribution in [1.82, 2.24) is 0 Å². The minimum atomic E-state index is -0.929. The van der Waals surface area contributed by atoms with E-state index in [-0.39, 0.29) is 5.56 Å². The van der Waals surface area contributed by atoms with E-state index in [1.54, 1.807) is 18.2 Å². The van der Waals surface area contributed by atoms with Gasteiger partial charge in [-0.3, -0.25) is 0 Å². The highest BCUT2D eigenvalue weighted by Gasteiger charge is 2.10. The molecule has 0 radical (unpaired) electrons. The molecule has 25 heavy (non-hydrogen) atoms. The van der Waals surface area contributed by atoms with Crippen LogP contribution in [0, 0.1) is 13.8 Å². The van der Waals surface area contributed by atoms with Crippen LogP contribution >= 0.6 is 11.6 Å². The summed E-state index contributed by atoms with van der Waals surface area (Å²) in [5.74, 6) is 0.632. The van der Waals surface area contributed by atoms with Crippen molar-refractivity contribution in [3.05, 3.63) is 76.0 Å². The summed E-state index contributed by atoms with van der Waals surface area (Å²) >= 11 is 6.17. The Balaban J connectivity index is 1.74. The topological polar surface area (TPSA) is 62.5 Å². The minimum Gasteiger partial charge on any atom is -0.478 e. The molecule has 128 valence electrons. The summed E-state index contributed by atoms with van der Waals surface area (Å²) in [5, 5.41) is 13.0. The Morgan fingerprint density at radius 2 is 1.96 bits per heavy atom. The number of anilines is 1. The van der Waals surface area contributed by atoms with Crippen LogP contribution < -0.4 is 5.32 Å². The summed E-state index contributed by atoms with van der Waals surface area (Å²) in [6.07, 6.45) is 0. The third-order valence-electron chi connectivity index (χ3n) is 4.12. The highest BCUT2D eigenvalue weighted by molar-refractivity contribution is 6.31. The first-order valence-corrected chi connectivity index (χ1v) is 8.25. The van der Waals surface area contributed by atoms with Crippen LogP contribution in [0.1, 0.15) is 27.2 Å². The van der Waals surface area contributed by atoms with Crippen LogP contribution in [0.2, 0.25) is 5.02 Å². The van der Waals surface area contributed by atoms with E-state index < -0.39 is 5.97 Å². The summed E-state index contributed by atoms with van der Waals surface area (Å²) in [4.78, 5) is 11.0. The van der Waals surface area contributed by atoms with Crippen LogP contribution in [0.4, 0.5) is 5.69 Å². The summed E-state index contributed by atoms with van der Waals surface area (Å²) in [6, 6.07) is 14.6. The zero-order valence-corrected chi connectivity index (χ0v) is 14.7. The second kappa shape index (κ2) is 7.03. The fraction of sp³-hybridized carbons (Fsp3) is 0.150. The second-order valence-electron chi connectivity index (χ2n) is 5.87. The summed E-state index contributed by atoms with van der Waals surface area (Å²) in [7, 11) is 0. The maximum absolute atomic E-state index is 11.0. The molecule has 5 heteroatoms. The van der Waals surface area contributed by atoms with Gasteiger partial charge in [-0.05, 0) is 61.4 Å². The lowest BCUT2D eigenvalue weighted by Crippen LogP contribution is -2.02. The van der Waals surface area contributed by atoms with Crippen LogP contribution in [-0.2, 0) is 6.54 Å². The SMILES string of the molecule is Cc1cc(C(=O)O)ccc1NCc1ccc(-c2cccc(Cl)c2C)o1. The van der Waals surface area contributed by atoms with Gasteiger partial charge in [0, 0.05) is 16.3 Å². The number of halogens is 1. The summed E-state index contributed by atoms with van der Waals surface area (Å²) in [6.45, 7) is 4.34. The Labute approximate surface area is 151 Å². The second-order valence-corrected chi connectivity index (χ2v) is 6.27. The molecule has 0 aliphatic carbocycles. The third-order valence-corrected chi connectivity index (χ3v) is 4.53. The van der Waals surface area contributed by atoms with Crippen LogP contribution in [0.15, 0.2) is 52.9 Å². The first kappa shape index (κ1) is 17.1. The number of aryl methyl sites for hydroxylation is 1. The van der Waals surface area contributed by atoms with Gasteiger partial charge in [0.25, 0.3) is 0 Å². The number of hydrogen-bond acceptors (Lipinski definition) is 3. The van der Waals surface area contributed by atoms with E-state index in [9.17, 15) is 4.79 Å². The van der Waals surface area contributed by atoms with Gasteiger partial charge in [-0.1, -0.05) is 23.7 Å². The molecule has 0 spiro atoms. The predicted octanol–water partition coefficient (Wildman–Crippen LogP) is 5.53. The molecule has 4 nitrogen and oxygen atoms in total. The molecular formula is C20H18ClNO3. The molecule has 0 fully saturated rings. The lowest BCUT2D eigenvalue weighted by atomic mass is 10.1. The van der Waals surface area contributed by atoms with Crippen molar-refractivity contribution in [3.63, 3.8) is 0 Å². The molecule has 1 heterocycles. The summed E-state index contributed by atoms with van der Waals surface area (Å²) < 4.78 is 5.91. The van der Waals surface area contributed by atoms with Crippen molar-refractivity contribution >= 4 is 23.3 Å². The lowest BCUT2D eigenvalue weighted by molar-refractivity contribution is 0.0697. The van der Waals surface area contributed by atoms with Crippen molar-refractivity contribution in [3.8, 4) is 11.3 Å². The Hall–Kier alpha value is -2.72. The van der Waals surface area contributed by atoms with Gasteiger partial charge in [-0.15, -0.1) is 0 Å². The molecule has 0 saturated carbocycles. The van der Waals surface area contributed by atoms with Crippen molar-refractivity contribution in [2.75, 3.05) is 5.32 Å². The van der Waals surface area contributed by atoms with Gasteiger partial charge in [-0.2, -0.15) is 0 Å². The lowest BCUT2D eigenvalue weighted by Gasteiger charge is -2.09. The number of carboxylic acids is 1. The number of benzene rings is 2. The van der Waals surface area contributed by atoms with Crippen LogP contribution in [0.25, 0.3) is 11.3 Å². The van der Waals surface area contributed by atoms with Gasteiger partial charge < -0.3 is 14.8 Å². The predicted molar refractivity (Wildman–Crippen MR) is 99.4 cm³/mol. The van der Waals surface area contributed by atoms with E-state index in [1.165, 1.54) is 0 Å². The molecule has 0 atom stereocenters. The molecule has 0 saturated heterocycles. The van der Waals surface area contributed by atoms with Gasteiger partial charge in [0.15, 0.2) is 0 Å². The largest absolute Gasteiger partial charge is 0.478 e. The molecule has 0 bridgehead atoms. The van der Waals surface area contributed by atoms with E-state index in [4.69, 9.17) is 21.1 Å². The molecule has 2 N–H and O–H groups in total. The van der Waals surface area contributed by atoms with Gasteiger partial charge in [0.05, 0.1) is 12.1 Å². The van der Waals surface area contributed by atoms with Gasteiger partial charge >= 0.3 is 5.97 Å². The van der Waals surface area contributed by atoms with E-state index in [1.807, 2.05) is 44.2 Å². The zero-order chi connectivity index (χ0) is 18.0. The highest BCUT2D eigenvalue weighted by Crippen LogP contribution is 2.30. The van der Waals surface area contributed by atoms with Crippen LogP contribution in [0.5, 0.6) is 0 Å². The number of carbonyl (C=O) groups is 1. The fourth-order valence-corrected chi connectivity index (χ4v) is 2.84. The van der Waals surface area contributed by atoms with E-state index in [0.29, 0.717) is 11.6 Å². The molecule has 2 aromatic carbocycles. The van der Waals surface area contributed by atoms with E-state index in [0.717, 1.165) is 33.9 Å². The number of furan rings is 1. The Kier molecular flexibility index (Phi) is 4.81. The zero-order valence-electron chi connectivity index (χ0n) is 14.0. The quantitative estimate of drug-likeness (QED) is 0.631. The van der Waals surface area contributed by atoms with Crippen molar-refractivity contribution in [2.24, 2.45) is 0 Å². The first-order chi connectivity index (χ1) is 12.0. The van der Waals surface area contributed by atoms with Gasteiger partial charge in [-0.25, -0.2) is 4.79 Å². The third kappa shape index (κ3) is 3.69. The van der Waals surface area contributed by atoms with Crippen LogP contribution in [0.3, 0.4) is 0 Å². The standard InChI is InChI=1S/C20H18ClNO3/c1-12-10-14(20(23)24)6-8-18(12)22-11-15-7-9-19(25-15)16-4-3-5-17(21)13(16)2/h3-10,22H,11H2,1-2H3,(H,23,24). The molecule has 0 aliphatic rings. The average molecular weight is 356 g/mol. The number of hydrogen-bond donors (Lipinski definition) is 2. The monoisotopic (exact) mass is 355 g/mol. The number of aromatic carboxylic acids is 1. The maximum Gasteiger partial charge on any atom is 0.335 e. The number of carboxylic acid groups (broad SMARTS) is 1. The normalized spacial score (nSPS) is 10.7. The molecule has 3 rings (SSSR count). The molecular weight excluding hydrogens is 338 g/mol. The fourth-order valence-electron chi connectivity index (χ4n) is 2.67. The van der Waals surface area contributed by atoms with Gasteiger partial charge in [0.1, 0.15) is 11.5 Å². The molecule has 1 aromatic heterocycles. The van der Waals surface area contributed by atoms with Crippen molar-refractivity contribution in [1.29, 1.82) is 0 Å².